The lowest BCUT2D eigenvalue weighted by Crippen LogP contribution is -2.54. The molecule has 0 atom stereocenters. The molecule has 2 saturated heterocycles. The SMILES string of the molecule is CNC(=O)c1csc2c(C(F)(F)F)cc(N3CCC(OC(=O)N4CC(O)C4)CC3)nc12. The van der Waals surface area contributed by atoms with Gasteiger partial charge in [-0.15, -0.1) is 11.3 Å². The number of rotatable bonds is 3. The standard InChI is InChI=1S/C19H21F3N4O4S/c1-23-17(28)12-9-31-16-13(19(20,21)22)6-14(24-15(12)16)25-4-2-11(3-5-25)30-18(29)26-7-10(27)8-26/h6,9-11,27H,2-5,7-8H2,1H3,(H,23,28). The van der Waals surface area contributed by atoms with E-state index in [4.69, 9.17) is 4.74 Å². The number of carbonyl (C=O) groups excluding carboxylic acids is 2. The van der Waals surface area contributed by atoms with Gasteiger partial charge in [0.2, 0.25) is 0 Å². The van der Waals surface area contributed by atoms with E-state index in [0.717, 1.165) is 17.4 Å². The van der Waals surface area contributed by atoms with Crippen LogP contribution in [0.4, 0.5) is 23.8 Å². The number of fused-ring (bicyclic) bond motifs is 1. The van der Waals surface area contributed by atoms with Crippen LogP contribution in [-0.2, 0) is 10.9 Å². The summed E-state index contributed by atoms with van der Waals surface area (Å²) in [7, 11) is 1.41. The van der Waals surface area contributed by atoms with Gasteiger partial charge in [-0.3, -0.25) is 4.79 Å². The predicted molar refractivity (Wildman–Crippen MR) is 107 cm³/mol. The summed E-state index contributed by atoms with van der Waals surface area (Å²) in [5.74, 6) is -0.357. The van der Waals surface area contributed by atoms with E-state index < -0.39 is 29.8 Å². The van der Waals surface area contributed by atoms with Crippen molar-refractivity contribution < 1.29 is 32.6 Å². The van der Waals surface area contributed by atoms with Crippen LogP contribution in [0.15, 0.2) is 11.4 Å². The largest absolute Gasteiger partial charge is 0.446 e. The Morgan fingerprint density at radius 3 is 2.55 bits per heavy atom. The number of alkyl halides is 3. The van der Waals surface area contributed by atoms with Crippen molar-refractivity contribution in [2.75, 3.05) is 38.1 Å². The van der Waals surface area contributed by atoms with Crippen molar-refractivity contribution in [2.24, 2.45) is 0 Å². The van der Waals surface area contributed by atoms with Crippen molar-refractivity contribution >= 4 is 39.4 Å². The summed E-state index contributed by atoms with van der Waals surface area (Å²) in [6.45, 7) is 1.21. The Morgan fingerprint density at radius 1 is 1.29 bits per heavy atom. The number of hydrogen-bond donors (Lipinski definition) is 2. The molecular formula is C19H21F3N4O4S. The molecule has 2 aliphatic heterocycles. The Hall–Kier alpha value is -2.60. The van der Waals surface area contributed by atoms with Crippen LogP contribution in [0.1, 0.15) is 28.8 Å². The van der Waals surface area contributed by atoms with E-state index in [1.165, 1.54) is 17.3 Å². The summed E-state index contributed by atoms with van der Waals surface area (Å²) in [4.78, 5) is 31.6. The van der Waals surface area contributed by atoms with Gasteiger partial charge in [0.05, 0.1) is 40.5 Å². The van der Waals surface area contributed by atoms with Gasteiger partial charge in [-0.2, -0.15) is 13.2 Å². The number of likely N-dealkylation sites (tertiary alicyclic amines) is 1. The Labute approximate surface area is 179 Å². The number of anilines is 1. The minimum Gasteiger partial charge on any atom is -0.446 e. The monoisotopic (exact) mass is 458 g/mol. The fourth-order valence-electron chi connectivity index (χ4n) is 3.69. The van der Waals surface area contributed by atoms with E-state index in [9.17, 15) is 27.9 Å². The summed E-state index contributed by atoms with van der Waals surface area (Å²) < 4.78 is 46.4. The number of halogens is 3. The summed E-state index contributed by atoms with van der Waals surface area (Å²) in [6.07, 6.45) is -5.07. The molecule has 4 rings (SSSR count). The van der Waals surface area contributed by atoms with Gasteiger partial charge in [0, 0.05) is 38.4 Å². The molecule has 2 aromatic rings. The first-order chi connectivity index (χ1) is 14.7. The number of nitrogens with zero attached hydrogens (tertiary/aromatic N) is 3. The van der Waals surface area contributed by atoms with Gasteiger partial charge in [0.1, 0.15) is 11.9 Å². The molecule has 0 radical (unpaired) electrons. The lowest BCUT2D eigenvalue weighted by Gasteiger charge is -2.37. The normalized spacial score (nSPS) is 18.2. The summed E-state index contributed by atoms with van der Waals surface area (Å²) in [5, 5.41) is 13.1. The minimum atomic E-state index is -4.59. The maximum Gasteiger partial charge on any atom is 0.417 e. The van der Waals surface area contributed by atoms with E-state index in [0.29, 0.717) is 25.9 Å². The number of nitrogens with one attached hydrogen (secondary N) is 1. The number of piperidine rings is 1. The molecule has 2 N–H and O–H groups in total. The maximum atomic E-state index is 13.7. The minimum absolute atomic E-state index is 0.0269. The highest BCUT2D eigenvalue weighted by atomic mass is 32.1. The lowest BCUT2D eigenvalue weighted by molar-refractivity contribution is -0.136. The fourth-order valence-corrected chi connectivity index (χ4v) is 4.71. The Kier molecular flexibility index (Phi) is 5.69. The molecule has 0 bridgehead atoms. The maximum absolute atomic E-state index is 13.7. The average Bonchev–Trinajstić information content (AvgIpc) is 3.13. The molecule has 0 aromatic carbocycles. The zero-order valence-electron chi connectivity index (χ0n) is 16.6. The van der Waals surface area contributed by atoms with E-state index in [2.05, 4.69) is 10.3 Å². The number of carbonyl (C=O) groups is 2. The first-order valence-corrected chi connectivity index (χ1v) is 10.7. The Balaban J connectivity index is 1.53. The van der Waals surface area contributed by atoms with Gasteiger partial charge >= 0.3 is 12.3 Å². The van der Waals surface area contributed by atoms with Crippen molar-refractivity contribution in [1.29, 1.82) is 0 Å². The quantitative estimate of drug-likeness (QED) is 0.734. The second-order valence-electron chi connectivity index (χ2n) is 7.56. The van der Waals surface area contributed by atoms with Crippen LogP contribution >= 0.6 is 11.3 Å². The van der Waals surface area contributed by atoms with E-state index >= 15 is 0 Å². The fraction of sp³-hybridized carbons (Fsp3) is 0.526. The Morgan fingerprint density at radius 2 is 1.97 bits per heavy atom. The van der Waals surface area contributed by atoms with Crippen molar-refractivity contribution in [3.63, 3.8) is 0 Å². The second kappa shape index (κ2) is 8.15. The lowest BCUT2D eigenvalue weighted by atomic mass is 10.1. The number of ether oxygens (including phenoxy) is 1. The number of aliphatic hydroxyl groups is 1. The van der Waals surface area contributed by atoms with Crippen molar-refractivity contribution in [1.82, 2.24) is 15.2 Å². The summed E-state index contributed by atoms with van der Waals surface area (Å²) >= 11 is 0.842. The summed E-state index contributed by atoms with van der Waals surface area (Å²) in [6, 6.07) is 1.01. The van der Waals surface area contributed by atoms with Gasteiger partial charge in [-0.1, -0.05) is 0 Å². The number of pyridine rings is 1. The molecule has 168 valence electrons. The molecule has 0 saturated carbocycles. The van der Waals surface area contributed by atoms with Crippen LogP contribution in [0, 0.1) is 0 Å². The first-order valence-electron chi connectivity index (χ1n) is 9.77. The predicted octanol–water partition coefficient (Wildman–Crippen LogP) is 2.46. The average molecular weight is 458 g/mol. The smallest absolute Gasteiger partial charge is 0.417 e. The number of amides is 2. The second-order valence-corrected chi connectivity index (χ2v) is 8.44. The van der Waals surface area contributed by atoms with E-state index in [-0.39, 0.29) is 40.8 Å². The zero-order valence-corrected chi connectivity index (χ0v) is 17.4. The Bertz CT molecular complexity index is 998. The highest BCUT2D eigenvalue weighted by molar-refractivity contribution is 7.17. The number of aromatic nitrogens is 1. The summed E-state index contributed by atoms with van der Waals surface area (Å²) in [5.41, 5.74) is -0.688. The van der Waals surface area contributed by atoms with E-state index in [1.54, 1.807) is 4.90 Å². The molecule has 8 nitrogen and oxygen atoms in total. The molecular weight excluding hydrogens is 437 g/mol. The van der Waals surface area contributed by atoms with Crippen LogP contribution in [0.5, 0.6) is 0 Å². The van der Waals surface area contributed by atoms with Crippen molar-refractivity contribution in [3.05, 3.63) is 22.6 Å². The molecule has 0 spiro atoms. The van der Waals surface area contributed by atoms with Crippen LogP contribution < -0.4 is 10.2 Å². The molecule has 2 aliphatic rings. The highest BCUT2D eigenvalue weighted by Crippen LogP contribution is 2.40. The van der Waals surface area contributed by atoms with Gasteiger partial charge in [0.15, 0.2) is 0 Å². The van der Waals surface area contributed by atoms with Crippen LogP contribution in [0.25, 0.3) is 10.2 Å². The molecule has 31 heavy (non-hydrogen) atoms. The molecule has 0 unspecified atom stereocenters. The molecule has 0 aliphatic carbocycles. The number of β-amino-alcohol motifs (C(OH)–C–C–N with tert-alkyl or cyclic N) is 1. The molecule has 2 fully saturated rings. The molecule has 2 aromatic heterocycles. The van der Waals surface area contributed by atoms with E-state index in [1.807, 2.05) is 0 Å². The number of aliphatic hydroxyl groups excluding tert-OH is 1. The molecule has 2 amide bonds. The first kappa shape index (κ1) is 21.6. The molecule has 4 heterocycles. The van der Waals surface area contributed by atoms with Gasteiger partial charge in [-0.05, 0) is 6.07 Å². The van der Waals surface area contributed by atoms with Crippen molar-refractivity contribution in [3.8, 4) is 0 Å². The molecule has 12 heteroatoms. The third-order valence-corrected chi connectivity index (χ3v) is 6.44. The van der Waals surface area contributed by atoms with Gasteiger partial charge in [0.25, 0.3) is 5.91 Å². The van der Waals surface area contributed by atoms with Crippen LogP contribution in [0.3, 0.4) is 0 Å². The van der Waals surface area contributed by atoms with Crippen LogP contribution in [-0.4, -0.2) is 72.4 Å². The number of thiophene rings is 1. The third-order valence-electron chi connectivity index (χ3n) is 5.44. The van der Waals surface area contributed by atoms with Crippen molar-refractivity contribution in [2.45, 2.75) is 31.2 Å². The highest BCUT2D eigenvalue weighted by Gasteiger charge is 2.37. The van der Waals surface area contributed by atoms with Gasteiger partial charge in [-0.25, -0.2) is 9.78 Å². The van der Waals surface area contributed by atoms with Crippen LogP contribution in [0.2, 0.25) is 0 Å². The third kappa shape index (κ3) is 4.26. The number of hydrogen-bond acceptors (Lipinski definition) is 7. The van der Waals surface area contributed by atoms with Gasteiger partial charge < -0.3 is 25.0 Å². The zero-order chi connectivity index (χ0) is 22.3. The topological polar surface area (TPSA) is 95.0 Å².